The molecule has 0 radical (unpaired) electrons. The molecule has 0 spiro atoms. The Morgan fingerprint density at radius 2 is 1.67 bits per heavy atom. The van der Waals surface area contributed by atoms with E-state index in [4.69, 9.17) is 0 Å². The van der Waals surface area contributed by atoms with Crippen molar-refractivity contribution in [3.63, 3.8) is 0 Å². The molecule has 0 N–H and O–H groups in total. The van der Waals surface area contributed by atoms with Gasteiger partial charge in [-0.15, -0.1) is 0 Å². The summed E-state index contributed by atoms with van der Waals surface area (Å²) >= 11 is 4.23. The Morgan fingerprint density at radius 3 is 2.08 bits per heavy atom. The van der Waals surface area contributed by atoms with E-state index in [1.165, 1.54) is 5.56 Å². The van der Waals surface area contributed by atoms with Gasteiger partial charge in [0.2, 0.25) is 0 Å². The van der Waals surface area contributed by atoms with Gasteiger partial charge in [0.05, 0.1) is 0 Å². The lowest BCUT2D eigenvalue weighted by Gasteiger charge is -2.06. The molecule has 1 rings (SSSR count). The first-order chi connectivity index (χ1) is 5.84. The van der Waals surface area contributed by atoms with Gasteiger partial charge >= 0.3 is 0 Å². The van der Waals surface area contributed by atoms with Crippen molar-refractivity contribution in [2.24, 2.45) is 0 Å². The van der Waals surface area contributed by atoms with Gasteiger partial charge in [0.1, 0.15) is 0 Å². The number of hydrogen-bond acceptors (Lipinski definition) is 1. The molecular formula is C11H18S. The van der Waals surface area contributed by atoms with Crippen LogP contribution in [0.15, 0.2) is 30.3 Å². The number of thiol groups is 1. The van der Waals surface area contributed by atoms with Gasteiger partial charge < -0.3 is 0 Å². The third-order valence-corrected chi connectivity index (χ3v) is 2.19. The molecule has 0 aliphatic rings. The average molecular weight is 182 g/mol. The number of hydrogen-bond donors (Lipinski definition) is 1. The van der Waals surface area contributed by atoms with Crippen LogP contribution in [0.3, 0.4) is 0 Å². The van der Waals surface area contributed by atoms with Crippen LogP contribution in [-0.4, -0.2) is 5.75 Å². The van der Waals surface area contributed by atoms with Gasteiger partial charge in [0, 0.05) is 0 Å². The van der Waals surface area contributed by atoms with Crippen LogP contribution in [0, 0.1) is 0 Å². The normalized spacial score (nSPS) is 11.3. The van der Waals surface area contributed by atoms with E-state index >= 15 is 0 Å². The van der Waals surface area contributed by atoms with Crippen molar-refractivity contribution in [3.8, 4) is 0 Å². The van der Waals surface area contributed by atoms with Crippen LogP contribution in [0.5, 0.6) is 0 Å². The second-order valence-electron chi connectivity index (χ2n) is 2.49. The van der Waals surface area contributed by atoms with E-state index in [2.05, 4.69) is 43.8 Å². The fourth-order valence-electron chi connectivity index (χ4n) is 0.887. The second-order valence-corrected chi connectivity index (χ2v) is 2.86. The van der Waals surface area contributed by atoms with Crippen LogP contribution in [0.1, 0.15) is 32.3 Å². The molecule has 68 valence electrons. The topological polar surface area (TPSA) is 0 Å². The van der Waals surface area contributed by atoms with Gasteiger partial charge in [-0.1, -0.05) is 51.1 Å². The largest absolute Gasteiger partial charge is 0.179 e. The molecule has 0 aliphatic heterocycles. The summed E-state index contributed by atoms with van der Waals surface area (Å²) in [7, 11) is 0. The lowest BCUT2D eigenvalue weighted by atomic mass is 10.0. The highest BCUT2D eigenvalue weighted by atomic mass is 32.1. The monoisotopic (exact) mass is 182 g/mol. The summed E-state index contributed by atoms with van der Waals surface area (Å²) in [4.78, 5) is 0. The molecule has 0 saturated heterocycles. The number of rotatable bonds is 2. The van der Waals surface area contributed by atoms with E-state index in [9.17, 15) is 0 Å². The predicted molar refractivity (Wildman–Crippen MR) is 60.1 cm³/mol. The first-order valence-electron chi connectivity index (χ1n) is 4.50. The first-order valence-corrected chi connectivity index (χ1v) is 5.13. The van der Waals surface area contributed by atoms with E-state index in [-0.39, 0.29) is 0 Å². The zero-order chi connectivity index (χ0) is 9.40. The minimum absolute atomic E-state index is 0.574. The highest BCUT2D eigenvalue weighted by Crippen LogP contribution is 2.14. The van der Waals surface area contributed by atoms with Crippen LogP contribution in [0.25, 0.3) is 0 Å². The standard InChI is InChI=1S/C9H12S.C2H6/c1-8(7-10)9-5-3-2-4-6-9;1-2/h2-6,8,10H,7H2,1H3;1-2H3. The quantitative estimate of drug-likeness (QED) is 0.662. The van der Waals surface area contributed by atoms with Crippen molar-refractivity contribution in [2.45, 2.75) is 26.7 Å². The molecular weight excluding hydrogens is 164 g/mol. The Balaban J connectivity index is 0.000000561. The molecule has 12 heavy (non-hydrogen) atoms. The van der Waals surface area contributed by atoms with E-state index in [0.29, 0.717) is 5.92 Å². The molecule has 0 heterocycles. The molecule has 1 atom stereocenters. The summed E-state index contributed by atoms with van der Waals surface area (Å²) in [5.74, 6) is 1.49. The molecule has 0 aliphatic carbocycles. The summed E-state index contributed by atoms with van der Waals surface area (Å²) in [5, 5.41) is 0. The zero-order valence-corrected chi connectivity index (χ0v) is 9.01. The van der Waals surface area contributed by atoms with Gasteiger partial charge in [0.25, 0.3) is 0 Å². The van der Waals surface area contributed by atoms with E-state index < -0.39 is 0 Å². The Bertz CT molecular complexity index is 181. The maximum absolute atomic E-state index is 4.23. The van der Waals surface area contributed by atoms with Gasteiger partial charge in [-0.3, -0.25) is 0 Å². The van der Waals surface area contributed by atoms with Crippen LogP contribution in [-0.2, 0) is 0 Å². The summed E-state index contributed by atoms with van der Waals surface area (Å²) in [5.41, 5.74) is 1.37. The molecule has 1 unspecified atom stereocenters. The highest BCUT2D eigenvalue weighted by Gasteiger charge is 1.99. The SMILES string of the molecule is CC.CC(CS)c1ccccc1. The smallest absolute Gasteiger partial charge is 0.00315 e. The molecule has 1 heteroatoms. The van der Waals surface area contributed by atoms with Gasteiger partial charge in [-0.2, -0.15) is 12.6 Å². The third-order valence-electron chi connectivity index (χ3n) is 1.64. The first kappa shape index (κ1) is 11.6. The fraction of sp³-hybridized carbons (Fsp3) is 0.455. The van der Waals surface area contributed by atoms with Gasteiger partial charge in [-0.05, 0) is 17.2 Å². The van der Waals surface area contributed by atoms with Gasteiger partial charge in [0.15, 0.2) is 0 Å². The maximum atomic E-state index is 4.23. The van der Waals surface area contributed by atoms with E-state index in [1.807, 2.05) is 19.9 Å². The Labute approximate surface area is 81.4 Å². The average Bonchev–Trinajstić information content (AvgIpc) is 2.21. The van der Waals surface area contributed by atoms with Crippen molar-refractivity contribution in [2.75, 3.05) is 5.75 Å². The summed E-state index contributed by atoms with van der Waals surface area (Å²) in [6.07, 6.45) is 0. The molecule has 0 nitrogen and oxygen atoms in total. The predicted octanol–water partition coefficient (Wildman–Crippen LogP) is 3.75. The van der Waals surface area contributed by atoms with Crippen LogP contribution in [0.4, 0.5) is 0 Å². The lowest BCUT2D eigenvalue weighted by molar-refractivity contribution is 0.884. The molecule has 0 amide bonds. The summed E-state index contributed by atoms with van der Waals surface area (Å²) in [6.45, 7) is 6.18. The molecule has 1 aromatic rings. The van der Waals surface area contributed by atoms with Gasteiger partial charge in [-0.25, -0.2) is 0 Å². The Kier molecular flexibility index (Phi) is 6.97. The molecule has 0 aromatic heterocycles. The van der Waals surface area contributed by atoms with Crippen LogP contribution in [0.2, 0.25) is 0 Å². The zero-order valence-electron chi connectivity index (χ0n) is 8.12. The third kappa shape index (κ3) is 3.82. The Hall–Kier alpha value is -0.430. The van der Waals surface area contributed by atoms with E-state index in [1.54, 1.807) is 0 Å². The highest BCUT2D eigenvalue weighted by molar-refractivity contribution is 7.80. The number of benzene rings is 1. The van der Waals surface area contributed by atoms with Crippen molar-refractivity contribution in [1.82, 2.24) is 0 Å². The Morgan fingerprint density at radius 1 is 1.17 bits per heavy atom. The maximum Gasteiger partial charge on any atom is -0.00315 e. The summed E-state index contributed by atoms with van der Waals surface area (Å²) < 4.78 is 0. The van der Waals surface area contributed by atoms with Crippen molar-refractivity contribution < 1.29 is 0 Å². The molecule has 1 aromatic carbocycles. The van der Waals surface area contributed by atoms with E-state index in [0.717, 1.165) is 5.75 Å². The van der Waals surface area contributed by atoms with Crippen molar-refractivity contribution in [1.29, 1.82) is 0 Å². The molecule has 0 fully saturated rings. The minimum Gasteiger partial charge on any atom is -0.179 e. The fourth-order valence-corrected chi connectivity index (χ4v) is 1.10. The molecule has 0 bridgehead atoms. The van der Waals surface area contributed by atoms with Crippen molar-refractivity contribution >= 4 is 12.6 Å². The lowest BCUT2D eigenvalue weighted by Crippen LogP contribution is -1.92. The van der Waals surface area contributed by atoms with Crippen LogP contribution < -0.4 is 0 Å². The summed E-state index contributed by atoms with van der Waals surface area (Å²) in [6, 6.07) is 10.4. The van der Waals surface area contributed by atoms with Crippen molar-refractivity contribution in [3.05, 3.63) is 35.9 Å². The second kappa shape index (κ2) is 7.23. The minimum atomic E-state index is 0.574. The molecule has 0 saturated carbocycles. The van der Waals surface area contributed by atoms with Crippen LogP contribution >= 0.6 is 12.6 Å².